The van der Waals surface area contributed by atoms with Crippen LogP contribution in [0.2, 0.25) is 0 Å². The van der Waals surface area contributed by atoms with Gasteiger partial charge in [0.05, 0.1) is 5.60 Å². The Bertz CT molecular complexity index is 735. The van der Waals surface area contributed by atoms with Crippen molar-refractivity contribution in [1.82, 2.24) is 4.90 Å². The van der Waals surface area contributed by atoms with Crippen molar-refractivity contribution in [1.29, 1.82) is 0 Å². The zero-order valence-corrected chi connectivity index (χ0v) is 15.9. The van der Waals surface area contributed by atoms with Crippen LogP contribution in [0.4, 0.5) is 8.78 Å². The monoisotopic (exact) mass is 379 g/mol. The number of alkyl halides is 2. The van der Waals surface area contributed by atoms with Crippen LogP contribution in [0.25, 0.3) is 0 Å². The lowest BCUT2D eigenvalue weighted by molar-refractivity contribution is -0.161. The van der Waals surface area contributed by atoms with E-state index in [0.29, 0.717) is 18.8 Å². The number of nitrogens with zero attached hydrogens (tertiary/aromatic N) is 1. The van der Waals surface area contributed by atoms with E-state index in [2.05, 4.69) is 4.74 Å². The molecule has 2 saturated carbocycles. The van der Waals surface area contributed by atoms with E-state index in [4.69, 9.17) is 0 Å². The first-order chi connectivity index (χ1) is 12.7. The Morgan fingerprint density at radius 2 is 2.00 bits per heavy atom. The van der Waals surface area contributed by atoms with Crippen molar-refractivity contribution in [3.63, 3.8) is 0 Å². The Labute approximate surface area is 158 Å². The number of amides is 1. The molecule has 0 radical (unpaired) electrons. The summed E-state index contributed by atoms with van der Waals surface area (Å²) in [6.07, 6.45) is 4.34. The Morgan fingerprint density at radius 3 is 2.59 bits per heavy atom. The van der Waals surface area contributed by atoms with E-state index >= 15 is 0 Å². The minimum absolute atomic E-state index is 0.0143. The van der Waals surface area contributed by atoms with Crippen molar-refractivity contribution >= 4 is 5.91 Å². The highest BCUT2D eigenvalue weighted by Gasteiger charge is 2.53. The van der Waals surface area contributed by atoms with Gasteiger partial charge in [-0.05, 0) is 69.1 Å². The van der Waals surface area contributed by atoms with Crippen LogP contribution >= 0.6 is 0 Å². The summed E-state index contributed by atoms with van der Waals surface area (Å²) in [5, 5.41) is 9.84. The molecule has 0 aromatic heterocycles. The molecule has 27 heavy (non-hydrogen) atoms. The molecule has 1 aromatic rings. The highest BCUT2D eigenvalue weighted by molar-refractivity contribution is 5.81. The smallest absolute Gasteiger partial charge is 0.387 e. The first-order valence-corrected chi connectivity index (χ1v) is 9.73. The molecule has 3 fully saturated rings. The Kier molecular flexibility index (Phi) is 4.45. The number of rotatable bonds is 4. The topological polar surface area (TPSA) is 49.8 Å². The maximum atomic E-state index is 12.5. The normalized spacial score (nSPS) is 31.7. The molecule has 1 aliphatic heterocycles. The lowest BCUT2D eigenvalue weighted by atomic mass is 9.69. The van der Waals surface area contributed by atoms with Crippen molar-refractivity contribution in [2.75, 3.05) is 13.1 Å². The molecule has 148 valence electrons. The van der Waals surface area contributed by atoms with Gasteiger partial charge < -0.3 is 14.7 Å². The molecule has 1 amide bonds. The van der Waals surface area contributed by atoms with Crippen molar-refractivity contribution in [3.8, 4) is 5.75 Å². The molecule has 3 aliphatic rings. The van der Waals surface area contributed by atoms with E-state index in [1.807, 2.05) is 17.0 Å². The second kappa shape index (κ2) is 6.43. The number of aliphatic hydroxyl groups is 1. The predicted octanol–water partition coefficient (Wildman–Crippen LogP) is 3.85. The van der Waals surface area contributed by atoms with Gasteiger partial charge in [0.25, 0.3) is 0 Å². The van der Waals surface area contributed by atoms with Gasteiger partial charge in [-0.3, -0.25) is 4.79 Å². The summed E-state index contributed by atoms with van der Waals surface area (Å²) in [6.45, 7) is 2.40. The third-order valence-electron chi connectivity index (χ3n) is 6.67. The van der Waals surface area contributed by atoms with E-state index in [-0.39, 0.29) is 23.0 Å². The number of aryl methyl sites for hydroxylation is 1. The molecule has 6 heteroatoms. The van der Waals surface area contributed by atoms with Crippen LogP contribution in [0, 0.1) is 18.3 Å². The number of halogens is 2. The van der Waals surface area contributed by atoms with E-state index < -0.39 is 12.2 Å². The van der Waals surface area contributed by atoms with Crippen LogP contribution in [-0.2, 0) is 4.79 Å². The molecule has 1 heterocycles. The summed E-state index contributed by atoms with van der Waals surface area (Å²) in [4.78, 5) is 14.4. The first-order valence-electron chi connectivity index (χ1n) is 9.73. The van der Waals surface area contributed by atoms with Crippen molar-refractivity contribution in [2.45, 2.75) is 64.1 Å². The maximum absolute atomic E-state index is 12.5. The fourth-order valence-electron chi connectivity index (χ4n) is 5.29. The van der Waals surface area contributed by atoms with Crippen molar-refractivity contribution in [3.05, 3.63) is 29.3 Å². The molecular formula is C21H27F2NO3. The van der Waals surface area contributed by atoms with Crippen LogP contribution < -0.4 is 4.74 Å². The molecule has 1 N–H and O–H groups in total. The average molecular weight is 379 g/mol. The van der Waals surface area contributed by atoms with Crippen LogP contribution in [0.15, 0.2) is 18.2 Å². The third-order valence-corrected chi connectivity index (χ3v) is 6.67. The standard InChI is InChI=1S/C21H27F2NO3/c1-13-7-14(3-4-17(13)27-19(22)23)15-5-6-21(10-15)11-24(12-21)18(25)16-8-20(2,26)9-16/h3-4,7,15-16,19,26H,5-6,8-12H2,1-2H3/t15-,16-,20+/m1/s1. The minimum Gasteiger partial charge on any atom is -0.435 e. The van der Waals surface area contributed by atoms with Crippen LogP contribution in [0.3, 0.4) is 0 Å². The number of likely N-dealkylation sites (tertiary alicyclic amines) is 1. The number of carbonyl (C=O) groups is 1. The Hall–Kier alpha value is -1.69. The second-order valence-electron chi connectivity index (χ2n) is 9.14. The van der Waals surface area contributed by atoms with Crippen LogP contribution in [0.5, 0.6) is 5.75 Å². The predicted molar refractivity (Wildman–Crippen MR) is 96.8 cm³/mol. The summed E-state index contributed by atoms with van der Waals surface area (Å²) in [5.41, 5.74) is 1.44. The molecular weight excluding hydrogens is 352 g/mol. The largest absolute Gasteiger partial charge is 0.435 e. The fraction of sp³-hybridized carbons (Fsp3) is 0.667. The van der Waals surface area contributed by atoms with Gasteiger partial charge in [0.1, 0.15) is 5.75 Å². The summed E-state index contributed by atoms with van der Waals surface area (Å²) in [6, 6.07) is 5.49. The number of hydrogen-bond donors (Lipinski definition) is 1. The van der Waals surface area contributed by atoms with Gasteiger partial charge in [-0.2, -0.15) is 8.78 Å². The quantitative estimate of drug-likeness (QED) is 0.864. The number of carbonyl (C=O) groups excluding carboxylic acids is 1. The first kappa shape index (κ1) is 18.7. The number of ether oxygens (including phenoxy) is 1. The van der Waals surface area contributed by atoms with E-state index in [1.54, 1.807) is 19.9 Å². The lowest BCUT2D eigenvalue weighted by Gasteiger charge is -2.52. The van der Waals surface area contributed by atoms with Gasteiger partial charge in [-0.1, -0.05) is 12.1 Å². The van der Waals surface area contributed by atoms with Gasteiger partial charge >= 0.3 is 6.61 Å². The maximum Gasteiger partial charge on any atom is 0.387 e. The summed E-state index contributed by atoms with van der Waals surface area (Å²) in [5.74, 6) is 0.823. The van der Waals surface area contributed by atoms with Gasteiger partial charge in [0, 0.05) is 24.4 Å². The molecule has 4 rings (SSSR count). The summed E-state index contributed by atoms with van der Waals surface area (Å²) < 4.78 is 29.4. The SMILES string of the molecule is Cc1cc([C@@H]2CCC3(C2)CN(C(=O)[C@H]2C[C@@](C)(O)C2)C3)ccc1OC(F)F. The molecule has 1 spiro atoms. The number of hydrogen-bond acceptors (Lipinski definition) is 3. The Balaban J connectivity index is 1.33. The molecule has 1 atom stereocenters. The fourth-order valence-corrected chi connectivity index (χ4v) is 5.29. The van der Waals surface area contributed by atoms with E-state index in [1.165, 1.54) is 5.56 Å². The van der Waals surface area contributed by atoms with Crippen LogP contribution in [-0.4, -0.2) is 41.2 Å². The van der Waals surface area contributed by atoms with Gasteiger partial charge in [-0.15, -0.1) is 0 Å². The molecule has 1 saturated heterocycles. The molecule has 0 bridgehead atoms. The van der Waals surface area contributed by atoms with E-state index in [0.717, 1.165) is 37.9 Å². The number of benzene rings is 1. The van der Waals surface area contributed by atoms with Crippen LogP contribution in [0.1, 0.15) is 56.1 Å². The Morgan fingerprint density at radius 1 is 1.30 bits per heavy atom. The zero-order chi connectivity index (χ0) is 19.4. The van der Waals surface area contributed by atoms with Crippen molar-refractivity contribution in [2.24, 2.45) is 11.3 Å². The third kappa shape index (κ3) is 3.56. The average Bonchev–Trinajstić information content (AvgIpc) is 2.97. The van der Waals surface area contributed by atoms with Crippen molar-refractivity contribution < 1.29 is 23.4 Å². The summed E-state index contributed by atoms with van der Waals surface area (Å²) in [7, 11) is 0. The molecule has 2 aliphatic carbocycles. The summed E-state index contributed by atoms with van der Waals surface area (Å²) >= 11 is 0. The van der Waals surface area contributed by atoms with Gasteiger partial charge in [-0.25, -0.2) is 0 Å². The van der Waals surface area contributed by atoms with Gasteiger partial charge in [0.2, 0.25) is 5.91 Å². The molecule has 1 aromatic carbocycles. The van der Waals surface area contributed by atoms with E-state index in [9.17, 15) is 18.7 Å². The highest BCUT2D eigenvalue weighted by Crippen LogP contribution is 2.53. The minimum atomic E-state index is -2.80. The zero-order valence-electron chi connectivity index (χ0n) is 15.9. The molecule has 4 nitrogen and oxygen atoms in total. The lowest BCUT2D eigenvalue weighted by Crippen LogP contribution is -2.61. The highest BCUT2D eigenvalue weighted by atomic mass is 19.3. The van der Waals surface area contributed by atoms with Gasteiger partial charge in [0.15, 0.2) is 0 Å². The second-order valence-corrected chi connectivity index (χ2v) is 9.14. The molecule has 0 unspecified atom stereocenters.